The van der Waals surface area contributed by atoms with Crippen LogP contribution in [0.4, 0.5) is 11.5 Å². The lowest BCUT2D eigenvalue weighted by molar-refractivity contribution is 0.0303. The normalized spacial score (nSPS) is 13.4. The van der Waals surface area contributed by atoms with Crippen molar-refractivity contribution in [1.29, 1.82) is 0 Å². The number of nitrogen functional groups attached to an aromatic ring is 1. The van der Waals surface area contributed by atoms with Gasteiger partial charge in [0.1, 0.15) is 11.4 Å². The predicted molar refractivity (Wildman–Crippen MR) is 137 cm³/mol. The second kappa shape index (κ2) is 11.0. The molecule has 10 heteroatoms. The summed E-state index contributed by atoms with van der Waals surface area (Å²) < 4.78 is 7.55. The van der Waals surface area contributed by atoms with E-state index in [1.165, 1.54) is 4.57 Å². The lowest BCUT2D eigenvalue weighted by atomic mass is 10.1. The van der Waals surface area contributed by atoms with Crippen molar-refractivity contribution in [2.75, 3.05) is 43.9 Å². The van der Waals surface area contributed by atoms with Gasteiger partial charge in [0.05, 0.1) is 26.3 Å². The zero-order valence-electron chi connectivity index (χ0n) is 20.1. The number of nitrogens with two attached hydrogens (primary N) is 1. The molecule has 1 saturated heterocycles. The summed E-state index contributed by atoms with van der Waals surface area (Å²) >= 11 is 0. The summed E-state index contributed by atoms with van der Waals surface area (Å²) in [5.74, 6) is -0.829. The molecule has 4 rings (SSSR count). The molecule has 1 aliphatic rings. The largest absolute Gasteiger partial charge is 0.384 e. The van der Waals surface area contributed by atoms with E-state index in [0.717, 1.165) is 10.1 Å². The van der Waals surface area contributed by atoms with E-state index in [4.69, 9.17) is 10.5 Å². The van der Waals surface area contributed by atoms with Crippen molar-refractivity contribution in [3.05, 3.63) is 92.1 Å². The molecule has 2 heterocycles. The number of morpholine rings is 1. The number of hydrogen-bond donors (Lipinski definition) is 2. The Morgan fingerprint density at radius 2 is 1.72 bits per heavy atom. The zero-order valence-corrected chi connectivity index (χ0v) is 20.1. The molecule has 0 radical (unpaired) electrons. The van der Waals surface area contributed by atoms with Crippen LogP contribution < -0.4 is 22.3 Å². The Kier molecular flexibility index (Phi) is 7.65. The zero-order chi connectivity index (χ0) is 25.7. The number of benzene rings is 2. The molecule has 36 heavy (non-hydrogen) atoms. The minimum Gasteiger partial charge on any atom is -0.384 e. The van der Waals surface area contributed by atoms with E-state index in [1.807, 2.05) is 30.3 Å². The maximum absolute atomic E-state index is 13.1. The van der Waals surface area contributed by atoms with Crippen LogP contribution in [0.1, 0.15) is 33.2 Å². The maximum Gasteiger partial charge on any atom is 0.332 e. The second-order valence-electron chi connectivity index (χ2n) is 8.43. The van der Waals surface area contributed by atoms with E-state index in [-0.39, 0.29) is 36.9 Å². The molecule has 0 aliphatic carbocycles. The summed E-state index contributed by atoms with van der Waals surface area (Å²) in [4.78, 5) is 53.5. The Balaban J connectivity index is 1.57. The molecule has 3 N–H and O–H groups in total. The highest BCUT2D eigenvalue weighted by atomic mass is 16.5. The van der Waals surface area contributed by atoms with Crippen LogP contribution in [0.25, 0.3) is 0 Å². The van der Waals surface area contributed by atoms with Gasteiger partial charge in [-0.3, -0.25) is 23.5 Å². The molecule has 1 fully saturated rings. The number of carbonyl (C=O) groups excluding carboxylic acids is 2. The first-order valence-corrected chi connectivity index (χ1v) is 11.8. The van der Waals surface area contributed by atoms with Crippen LogP contribution in [0.5, 0.6) is 0 Å². The summed E-state index contributed by atoms with van der Waals surface area (Å²) in [5, 5.41) is 2.98. The molecule has 0 spiro atoms. The molecule has 3 aromatic rings. The van der Waals surface area contributed by atoms with Gasteiger partial charge in [0.15, 0.2) is 5.78 Å². The first-order valence-electron chi connectivity index (χ1n) is 11.8. The molecular weight excluding hydrogens is 462 g/mol. The van der Waals surface area contributed by atoms with Crippen LogP contribution in [0.15, 0.2) is 64.2 Å². The topological polar surface area (TPSA) is 129 Å². The summed E-state index contributed by atoms with van der Waals surface area (Å²) in [6.45, 7) is 3.71. The van der Waals surface area contributed by atoms with E-state index >= 15 is 0 Å². The highest BCUT2D eigenvalue weighted by Gasteiger charge is 2.23. The van der Waals surface area contributed by atoms with Gasteiger partial charge in [0.25, 0.3) is 11.5 Å². The minimum absolute atomic E-state index is 0.103. The first kappa shape index (κ1) is 24.9. The van der Waals surface area contributed by atoms with Gasteiger partial charge in [0, 0.05) is 30.9 Å². The van der Waals surface area contributed by atoms with Gasteiger partial charge in [-0.2, -0.15) is 0 Å². The molecule has 1 aromatic heterocycles. The van der Waals surface area contributed by atoms with Crippen LogP contribution >= 0.6 is 0 Å². The average Bonchev–Trinajstić information content (AvgIpc) is 2.91. The highest BCUT2D eigenvalue weighted by Crippen LogP contribution is 2.15. The first-order chi connectivity index (χ1) is 17.4. The third-order valence-corrected chi connectivity index (χ3v) is 6.11. The molecule has 2 aromatic carbocycles. The lowest BCUT2D eigenvalue weighted by Crippen LogP contribution is -2.44. The van der Waals surface area contributed by atoms with Crippen molar-refractivity contribution in [3.8, 4) is 0 Å². The van der Waals surface area contributed by atoms with E-state index in [2.05, 4.69) is 5.32 Å². The van der Waals surface area contributed by atoms with Crippen LogP contribution in [0.3, 0.4) is 0 Å². The average molecular weight is 492 g/mol. The van der Waals surface area contributed by atoms with Crippen molar-refractivity contribution in [2.45, 2.75) is 20.0 Å². The van der Waals surface area contributed by atoms with E-state index in [1.54, 1.807) is 36.1 Å². The molecule has 0 atom stereocenters. The summed E-state index contributed by atoms with van der Waals surface area (Å²) in [6.07, 6.45) is 0. The van der Waals surface area contributed by atoms with Crippen LogP contribution in [-0.4, -0.2) is 58.6 Å². The van der Waals surface area contributed by atoms with Crippen molar-refractivity contribution in [3.63, 3.8) is 0 Å². The highest BCUT2D eigenvalue weighted by molar-refractivity contribution is 6.02. The van der Waals surface area contributed by atoms with Crippen molar-refractivity contribution in [1.82, 2.24) is 14.0 Å². The fraction of sp³-hybridized carbons (Fsp3) is 0.308. The number of nitrogens with one attached hydrogen (secondary N) is 1. The number of Topliss-reactive ketones (excluding diaryl/α,β-unsaturated/α-hetero) is 1. The fourth-order valence-electron chi connectivity index (χ4n) is 4.16. The Morgan fingerprint density at radius 3 is 2.42 bits per heavy atom. The fourth-order valence-corrected chi connectivity index (χ4v) is 4.16. The van der Waals surface area contributed by atoms with Gasteiger partial charge in [-0.1, -0.05) is 36.4 Å². The lowest BCUT2D eigenvalue weighted by Gasteiger charge is -2.27. The number of amides is 1. The molecule has 188 valence electrons. The summed E-state index contributed by atoms with van der Waals surface area (Å²) in [7, 11) is 0. The number of anilines is 2. The smallest absolute Gasteiger partial charge is 0.332 e. The number of hydrogen-bond acceptors (Lipinski definition) is 7. The summed E-state index contributed by atoms with van der Waals surface area (Å²) in [6, 6.07) is 16.0. The van der Waals surface area contributed by atoms with Gasteiger partial charge < -0.3 is 20.7 Å². The number of carbonyl (C=O) groups is 2. The minimum atomic E-state index is -0.715. The molecule has 1 amide bonds. The third-order valence-electron chi connectivity index (χ3n) is 6.11. The van der Waals surface area contributed by atoms with E-state index in [0.29, 0.717) is 37.6 Å². The molecule has 0 unspecified atom stereocenters. The van der Waals surface area contributed by atoms with Crippen molar-refractivity contribution >= 4 is 23.2 Å². The SMILES string of the molecule is CCn1c(=O)c(C(=O)CNc2cccc(C(=O)N3CCOCC3)c2)c(N)n(Cc2ccccc2)c1=O. The van der Waals surface area contributed by atoms with Crippen molar-refractivity contribution in [2.24, 2.45) is 0 Å². The van der Waals surface area contributed by atoms with E-state index < -0.39 is 17.0 Å². The maximum atomic E-state index is 13.1. The Hall–Kier alpha value is -4.18. The van der Waals surface area contributed by atoms with E-state index in [9.17, 15) is 19.2 Å². The number of aromatic nitrogens is 2. The molecule has 0 saturated carbocycles. The molecule has 0 bridgehead atoms. The van der Waals surface area contributed by atoms with Gasteiger partial charge in [-0.15, -0.1) is 0 Å². The summed E-state index contributed by atoms with van der Waals surface area (Å²) in [5.41, 5.74) is 6.54. The molecule has 1 aliphatic heterocycles. The van der Waals surface area contributed by atoms with Gasteiger partial charge >= 0.3 is 5.69 Å². The molecular formula is C26H29N5O5. The van der Waals surface area contributed by atoms with Gasteiger partial charge in [-0.05, 0) is 30.7 Å². The monoisotopic (exact) mass is 491 g/mol. The standard InChI is InChI=1S/C26H29N5O5/c1-2-30-25(34)22(23(27)31(26(30)35)17-18-7-4-3-5-8-18)21(32)16-28-20-10-6-9-19(15-20)24(33)29-11-13-36-14-12-29/h3-10,15,28H,2,11-14,16-17,27H2,1H3. The Labute approximate surface area is 207 Å². The second-order valence-corrected chi connectivity index (χ2v) is 8.43. The Bertz CT molecular complexity index is 1370. The van der Waals surface area contributed by atoms with Crippen LogP contribution in [-0.2, 0) is 17.8 Å². The van der Waals surface area contributed by atoms with Crippen molar-refractivity contribution < 1.29 is 14.3 Å². The van der Waals surface area contributed by atoms with Gasteiger partial charge in [0.2, 0.25) is 0 Å². The number of ether oxygens (including phenoxy) is 1. The predicted octanol–water partition coefficient (Wildman–Crippen LogP) is 1.43. The van der Waals surface area contributed by atoms with Gasteiger partial charge in [-0.25, -0.2) is 4.79 Å². The third kappa shape index (κ3) is 5.23. The van der Waals surface area contributed by atoms with Crippen LogP contribution in [0.2, 0.25) is 0 Å². The molecule has 10 nitrogen and oxygen atoms in total. The van der Waals surface area contributed by atoms with Crippen LogP contribution in [0, 0.1) is 0 Å². The quantitative estimate of drug-likeness (QED) is 0.456. The number of ketones is 1. The number of rotatable bonds is 8. The number of nitrogens with zero attached hydrogens (tertiary/aromatic N) is 3. The Morgan fingerprint density at radius 1 is 1.00 bits per heavy atom.